The van der Waals surface area contributed by atoms with Crippen LogP contribution in [0.3, 0.4) is 0 Å². The van der Waals surface area contributed by atoms with Crippen LogP contribution in [0.5, 0.6) is 5.75 Å². The molecule has 0 fully saturated rings. The Morgan fingerprint density at radius 1 is 1.12 bits per heavy atom. The maximum atomic E-state index is 10.9. The monoisotopic (exact) mass is 342 g/mol. The number of nitro groups is 1. The third-order valence-electron chi connectivity index (χ3n) is 3.13. The molecule has 0 spiro atoms. The molecular formula is C16H14N4O3S. The summed E-state index contributed by atoms with van der Waals surface area (Å²) in [5.41, 5.74) is 0.905. The fourth-order valence-corrected chi connectivity index (χ4v) is 2.65. The largest absolute Gasteiger partial charge is 0.486 e. The Kier molecular flexibility index (Phi) is 5.07. The first-order valence-corrected chi connectivity index (χ1v) is 8.19. The van der Waals surface area contributed by atoms with E-state index in [9.17, 15) is 10.1 Å². The van der Waals surface area contributed by atoms with Crippen LogP contribution in [0.2, 0.25) is 0 Å². The number of rotatable bonds is 7. The first-order valence-electron chi connectivity index (χ1n) is 7.20. The molecule has 0 amide bonds. The number of hydrogen-bond donors (Lipinski definition) is 0. The minimum atomic E-state index is -0.453. The SMILES string of the molecule is O=[N+]([O-])c1ccccc1OCCSc1ncn(-c2ccccc2)n1. The fraction of sp³-hybridized carbons (Fsp3) is 0.125. The van der Waals surface area contributed by atoms with Crippen LogP contribution in [-0.2, 0) is 0 Å². The molecule has 0 atom stereocenters. The lowest BCUT2D eigenvalue weighted by molar-refractivity contribution is -0.385. The summed E-state index contributed by atoms with van der Waals surface area (Å²) >= 11 is 1.43. The first kappa shape index (κ1) is 16.0. The third kappa shape index (κ3) is 3.90. The minimum Gasteiger partial charge on any atom is -0.486 e. The van der Waals surface area contributed by atoms with E-state index in [4.69, 9.17) is 4.74 Å². The number of ether oxygens (including phenoxy) is 1. The van der Waals surface area contributed by atoms with E-state index < -0.39 is 4.92 Å². The van der Waals surface area contributed by atoms with Crippen LogP contribution in [0, 0.1) is 10.1 Å². The molecule has 0 saturated carbocycles. The van der Waals surface area contributed by atoms with Crippen molar-refractivity contribution >= 4 is 17.4 Å². The van der Waals surface area contributed by atoms with E-state index >= 15 is 0 Å². The average Bonchev–Trinajstić information content (AvgIpc) is 3.09. The molecule has 0 radical (unpaired) electrons. The molecule has 24 heavy (non-hydrogen) atoms. The Balaban J connectivity index is 1.53. The number of aromatic nitrogens is 3. The number of para-hydroxylation sites is 3. The van der Waals surface area contributed by atoms with Crippen LogP contribution in [-0.4, -0.2) is 32.0 Å². The second-order valence-corrected chi connectivity index (χ2v) is 5.79. The van der Waals surface area contributed by atoms with Crippen molar-refractivity contribution in [3.63, 3.8) is 0 Å². The highest BCUT2D eigenvalue weighted by Gasteiger charge is 2.13. The molecule has 0 N–H and O–H groups in total. The molecule has 0 bridgehead atoms. The van der Waals surface area contributed by atoms with Gasteiger partial charge in [0.05, 0.1) is 17.2 Å². The van der Waals surface area contributed by atoms with Crippen molar-refractivity contribution in [2.45, 2.75) is 5.16 Å². The van der Waals surface area contributed by atoms with Crippen molar-refractivity contribution in [2.24, 2.45) is 0 Å². The molecule has 2 aromatic carbocycles. The second-order valence-electron chi connectivity index (χ2n) is 4.73. The Bertz CT molecular complexity index is 823. The van der Waals surface area contributed by atoms with Crippen molar-refractivity contribution in [2.75, 3.05) is 12.4 Å². The van der Waals surface area contributed by atoms with Gasteiger partial charge in [0.1, 0.15) is 6.33 Å². The number of nitrogens with zero attached hydrogens (tertiary/aromatic N) is 4. The van der Waals surface area contributed by atoms with Gasteiger partial charge in [0.15, 0.2) is 5.75 Å². The molecule has 1 aromatic heterocycles. The van der Waals surface area contributed by atoms with Crippen LogP contribution in [0.4, 0.5) is 5.69 Å². The number of thioether (sulfide) groups is 1. The van der Waals surface area contributed by atoms with Crippen LogP contribution in [0.15, 0.2) is 66.1 Å². The maximum absolute atomic E-state index is 10.9. The zero-order valence-corrected chi connectivity index (χ0v) is 13.4. The second kappa shape index (κ2) is 7.60. The van der Waals surface area contributed by atoms with Gasteiger partial charge in [-0.1, -0.05) is 42.1 Å². The summed E-state index contributed by atoms with van der Waals surface area (Å²) in [6.45, 7) is 0.329. The van der Waals surface area contributed by atoms with Gasteiger partial charge in [-0.2, -0.15) is 0 Å². The molecule has 0 saturated heterocycles. The van der Waals surface area contributed by atoms with Crippen molar-refractivity contribution in [3.8, 4) is 11.4 Å². The summed E-state index contributed by atoms with van der Waals surface area (Å²) in [4.78, 5) is 14.7. The van der Waals surface area contributed by atoms with E-state index in [0.717, 1.165) is 5.69 Å². The van der Waals surface area contributed by atoms with Crippen molar-refractivity contribution in [3.05, 3.63) is 71.0 Å². The molecule has 122 valence electrons. The van der Waals surface area contributed by atoms with Crippen molar-refractivity contribution in [1.82, 2.24) is 14.8 Å². The van der Waals surface area contributed by atoms with Crippen molar-refractivity contribution in [1.29, 1.82) is 0 Å². The van der Waals surface area contributed by atoms with E-state index in [1.807, 2.05) is 30.3 Å². The highest BCUT2D eigenvalue weighted by atomic mass is 32.2. The van der Waals surface area contributed by atoms with Gasteiger partial charge < -0.3 is 4.74 Å². The highest BCUT2D eigenvalue weighted by molar-refractivity contribution is 7.99. The van der Waals surface area contributed by atoms with Crippen LogP contribution in [0.25, 0.3) is 5.69 Å². The lowest BCUT2D eigenvalue weighted by Gasteiger charge is -2.05. The van der Waals surface area contributed by atoms with E-state index in [1.165, 1.54) is 17.8 Å². The zero-order chi connectivity index (χ0) is 16.8. The molecule has 1 heterocycles. The van der Waals surface area contributed by atoms with Gasteiger partial charge in [-0.3, -0.25) is 10.1 Å². The van der Waals surface area contributed by atoms with E-state index in [-0.39, 0.29) is 11.4 Å². The summed E-state index contributed by atoms with van der Waals surface area (Å²) in [5.74, 6) is 0.857. The van der Waals surface area contributed by atoms with Crippen LogP contribution in [0.1, 0.15) is 0 Å². The highest BCUT2D eigenvalue weighted by Crippen LogP contribution is 2.26. The normalized spacial score (nSPS) is 10.5. The van der Waals surface area contributed by atoms with E-state index in [0.29, 0.717) is 17.5 Å². The first-order chi connectivity index (χ1) is 11.7. The average molecular weight is 342 g/mol. The minimum absolute atomic E-state index is 0.0334. The van der Waals surface area contributed by atoms with Gasteiger partial charge >= 0.3 is 5.69 Å². The number of benzene rings is 2. The molecule has 0 aliphatic rings. The molecule has 0 aliphatic carbocycles. The van der Waals surface area contributed by atoms with E-state index in [2.05, 4.69) is 10.1 Å². The van der Waals surface area contributed by atoms with Gasteiger partial charge in [0.25, 0.3) is 0 Å². The smallest absolute Gasteiger partial charge is 0.310 e. The predicted octanol–water partition coefficient (Wildman–Crippen LogP) is 3.35. The Labute approximate surface area is 142 Å². The van der Waals surface area contributed by atoms with Gasteiger partial charge in [-0.15, -0.1) is 5.10 Å². The molecule has 8 heteroatoms. The third-order valence-corrected chi connectivity index (χ3v) is 3.94. The summed E-state index contributed by atoms with van der Waals surface area (Å²) in [5, 5.41) is 15.9. The molecule has 3 aromatic rings. The number of nitro benzene ring substituents is 1. The quantitative estimate of drug-likeness (QED) is 0.283. The zero-order valence-electron chi connectivity index (χ0n) is 12.6. The van der Waals surface area contributed by atoms with E-state index in [1.54, 1.807) is 29.2 Å². The Hall–Kier alpha value is -2.87. The molecule has 7 nitrogen and oxygen atoms in total. The van der Waals surface area contributed by atoms with Crippen LogP contribution < -0.4 is 4.74 Å². The Morgan fingerprint density at radius 3 is 2.67 bits per heavy atom. The molecule has 0 aliphatic heterocycles. The molecule has 0 unspecified atom stereocenters. The topological polar surface area (TPSA) is 83.1 Å². The summed E-state index contributed by atoms with van der Waals surface area (Å²) in [7, 11) is 0. The predicted molar refractivity (Wildman–Crippen MR) is 90.7 cm³/mol. The van der Waals surface area contributed by atoms with Gasteiger partial charge in [0.2, 0.25) is 5.16 Å². The molecular weight excluding hydrogens is 328 g/mol. The fourth-order valence-electron chi connectivity index (χ4n) is 2.03. The Morgan fingerprint density at radius 2 is 1.88 bits per heavy atom. The lowest BCUT2D eigenvalue weighted by Crippen LogP contribution is -2.03. The van der Waals surface area contributed by atoms with Gasteiger partial charge in [-0.25, -0.2) is 9.67 Å². The standard InChI is InChI=1S/C16H14N4O3S/c21-20(22)14-8-4-5-9-15(14)23-10-11-24-16-17-12-19(18-16)13-6-2-1-3-7-13/h1-9,12H,10-11H2. The molecule has 3 rings (SSSR count). The summed E-state index contributed by atoms with van der Waals surface area (Å²) in [6.07, 6.45) is 1.65. The van der Waals surface area contributed by atoms with Crippen molar-refractivity contribution < 1.29 is 9.66 Å². The summed E-state index contributed by atoms with van der Waals surface area (Å²) < 4.78 is 7.19. The number of hydrogen-bond acceptors (Lipinski definition) is 6. The lowest BCUT2D eigenvalue weighted by atomic mass is 10.3. The van der Waals surface area contributed by atoms with Gasteiger partial charge in [0, 0.05) is 11.8 Å². The van der Waals surface area contributed by atoms with Crippen LogP contribution >= 0.6 is 11.8 Å². The maximum Gasteiger partial charge on any atom is 0.310 e. The summed E-state index contributed by atoms with van der Waals surface area (Å²) in [6, 6.07) is 16.0. The van der Waals surface area contributed by atoms with Gasteiger partial charge in [-0.05, 0) is 18.2 Å².